The number of rotatable bonds is 11. The second-order valence-corrected chi connectivity index (χ2v) is 12.8. The lowest BCUT2D eigenvalue weighted by Crippen LogP contribution is -2.41. The number of hydrogen-bond donors (Lipinski definition) is 4. The molecule has 1 saturated heterocycles. The number of aryl methyl sites for hydroxylation is 1. The highest BCUT2D eigenvalue weighted by molar-refractivity contribution is 6.09. The molecule has 12 nitrogen and oxygen atoms in total. The van der Waals surface area contributed by atoms with Crippen LogP contribution in [0.4, 0.5) is 28.7 Å². The number of piperidine rings is 1. The minimum absolute atomic E-state index is 0.0634. The molecule has 0 atom stereocenters. The number of pyridine rings is 1. The van der Waals surface area contributed by atoms with E-state index in [1.807, 2.05) is 79.4 Å². The van der Waals surface area contributed by atoms with E-state index in [0.717, 1.165) is 47.1 Å². The van der Waals surface area contributed by atoms with Gasteiger partial charge in [0.15, 0.2) is 0 Å². The Bertz CT molecular complexity index is 2060. The Hall–Kier alpha value is -6.14. The van der Waals surface area contributed by atoms with Gasteiger partial charge in [0.25, 0.3) is 11.8 Å². The molecule has 5 aromatic rings. The Kier molecular flexibility index (Phi) is 10.9. The zero-order valence-corrected chi connectivity index (χ0v) is 28.9. The fourth-order valence-electron chi connectivity index (χ4n) is 5.79. The maximum absolute atomic E-state index is 13.2. The SMILES string of the molecule is Cc1ccc(NC(=O)c2ccc3cnccc3c2)cc1C(=O)Nc1cnc(Nc2cccc(NC3CCN(C(=O)C=CCN(C)C)CC3)c2)nc1. The number of benzene rings is 3. The second kappa shape index (κ2) is 16.0. The first-order valence-electron chi connectivity index (χ1n) is 16.8. The fraction of sp³-hybridized carbons (Fsp3) is 0.231. The molecule has 4 N–H and O–H groups in total. The zero-order valence-electron chi connectivity index (χ0n) is 28.9. The van der Waals surface area contributed by atoms with Crippen LogP contribution in [0.3, 0.4) is 0 Å². The molecule has 3 aromatic carbocycles. The Morgan fingerprint density at radius 3 is 2.37 bits per heavy atom. The summed E-state index contributed by atoms with van der Waals surface area (Å²) in [7, 11) is 3.95. The highest BCUT2D eigenvalue weighted by Gasteiger charge is 2.21. The number of aromatic nitrogens is 3. The Morgan fingerprint density at radius 2 is 1.59 bits per heavy atom. The molecule has 0 saturated carbocycles. The van der Waals surface area contributed by atoms with Crippen LogP contribution in [-0.2, 0) is 4.79 Å². The number of likely N-dealkylation sites (N-methyl/N-ethyl adjacent to an activating group) is 1. The Morgan fingerprint density at radius 1 is 0.824 bits per heavy atom. The summed E-state index contributed by atoms with van der Waals surface area (Å²) in [4.78, 5) is 55.5. The van der Waals surface area contributed by atoms with Gasteiger partial charge in [-0.05, 0) is 93.3 Å². The first-order valence-corrected chi connectivity index (χ1v) is 16.8. The van der Waals surface area contributed by atoms with Gasteiger partial charge in [0.1, 0.15) is 0 Å². The fourth-order valence-corrected chi connectivity index (χ4v) is 5.79. The van der Waals surface area contributed by atoms with E-state index in [1.54, 1.807) is 42.7 Å². The van der Waals surface area contributed by atoms with Crippen molar-refractivity contribution in [2.75, 3.05) is 55.0 Å². The van der Waals surface area contributed by atoms with E-state index in [-0.39, 0.29) is 23.8 Å². The van der Waals surface area contributed by atoms with Crippen LogP contribution in [0.15, 0.2) is 104 Å². The molecule has 3 heterocycles. The largest absolute Gasteiger partial charge is 0.382 e. The summed E-state index contributed by atoms with van der Waals surface area (Å²) in [5, 5.41) is 14.4. The minimum Gasteiger partial charge on any atom is -0.382 e. The number of amides is 3. The average molecular weight is 684 g/mol. The van der Waals surface area contributed by atoms with E-state index < -0.39 is 0 Å². The van der Waals surface area contributed by atoms with E-state index in [0.29, 0.717) is 41.5 Å². The molecule has 1 aliphatic rings. The van der Waals surface area contributed by atoms with E-state index in [4.69, 9.17) is 0 Å². The molecule has 2 aromatic heterocycles. The first-order chi connectivity index (χ1) is 24.7. The van der Waals surface area contributed by atoms with Crippen LogP contribution < -0.4 is 21.3 Å². The molecule has 51 heavy (non-hydrogen) atoms. The quantitative estimate of drug-likeness (QED) is 0.121. The van der Waals surface area contributed by atoms with Crippen LogP contribution in [0.25, 0.3) is 10.8 Å². The van der Waals surface area contributed by atoms with Crippen LogP contribution in [0.5, 0.6) is 0 Å². The lowest BCUT2D eigenvalue weighted by Gasteiger charge is -2.32. The first kappa shape index (κ1) is 34.7. The number of fused-ring (bicyclic) bond motifs is 1. The molecule has 1 fully saturated rings. The third kappa shape index (κ3) is 9.31. The number of anilines is 5. The molecule has 0 unspecified atom stereocenters. The van der Waals surface area contributed by atoms with Gasteiger partial charge < -0.3 is 31.1 Å². The standard InChI is InChI=1S/C39H41N9O3/c1-26-9-12-33(44-37(50)28-10-11-29-23-40-16-13-27(29)20-28)22-35(26)38(51)45-34-24-41-39(42-25-34)46-32-7-4-6-31(21-32)43-30-14-18-48(19-15-30)36(49)8-5-17-47(2)3/h4-13,16,20-25,30,43H,14-15,17-19H2,1-3H3,(H,44,50)(H,45,51)(H,41,42,46). The summed E-state index contributed by atoms with van der Waals surface area (Å²) in [5.74, 6) is -0.181. The molecule has 12 heteroatoms. The van der Waals surface area contributed by atoms with Crippen molar-refractivity contribution in [2.45, 2.75) is 25.8 Å². The molecule has 6 rings (SSSR count). The van der Waals surface area contributed by atoms with Crippen molar-refractivity contribution >= 4 is 57.2 Å². The number of carbonyl (C=O) groups excluding carboxylic acids is 3. The Balaban J connectivity index is 1.01. The molecule has 0 aliphatic carbocycles. The monoisotopic (exact) mass is 683 g/mol. The maximum atomic E-state index is 13.2. The van der Waals surface area contributed by atoms with E-state index >= 15 is 0 Å². The van der Waals surface area contributed by atoms with Crippen molar-refractivity contribution in [1.29, 1.82) is 0 Å². The van der Waals surface area contributed by atoms with Crippen LogP contribution in [0, 0.1) is 6.92 Å². The molecule has 0 radical (unpaired) electrons. The van der Waals surface area contributed by atoms with Crippen molar-refractivity contribution in [3.05, 3.63) is 120 Å². The molecule has 260 valence electrons. The van der Waals surface area contributed by atoms with Crippen LogP contribution in [0.1, 0.15) is 39.1 Å². The topological polar surface area (TPSA) is 144 Å². The minimum atomic E-state index is -0.346. The number of hydrogen-bond acceptors (Lipinski definition) is 9. The van der Waals surface area contributed by atoms with Crippen LogP contribution >= 0.6 is 0 Å². The highest BCUT2D eigenvalue weighted by atomic mass is 16.2. The van der Waals surface area contributed by atoms with Crippen molar-refractivity contribution in [2.24, 2.45) is 0 Å². The zero-order chi connectivity index (χ0) is 35.7. The average Bonchev–Trinajstić information content (AvgIpc) is 3.13. The maximum Gasteiger partial charge on any atom is 0.256 e. The predicted molar refractivity (Wildman–Crippen MR) is 202 cm³/mol. The van der Waals surface area contributed by atoms with Gasteiger partial charge in [-0.15, -0.1) is 0 Å². The van der Waals surface area contributed by atoms with Gasteiger partial charge in [-0.1, -0.05) is 24.3 Å². The van der Waals surface area contributed by atoms with Crippen molar-refractivity contribution in [1.82, 2.24) is 24.8 Å². The Labute approximate surface area is 297 Å². The number of carbonyl (C=O) groups is 3. The molecular weight excluding hydrogens is 642 g/mol. The predicted octanol–water partition coefficient (Wildman–Crippen LogP) is 6.10. The third-order valence-corrected chi connectivity index (χ3v) is 8.58. The molecule has 0 spiro atoms. The summed E-state index contributed by atoms with van der Waals surface area (Å²) in [6.07, 6.45) is 11.8. The van der Waals surface area contributed by atoms with Gasteiger partial charge in [-0.25, -0.2) is 9.97 Å². The molecule has 3 amide bonds. The smallest absolute Gasteiger partial charge is 0.256 e. The van der Waals surface area contributed by atoms with Crippen molar-refractivity contribution in [3.63, 3.8) is 0 Å². The normalized spacial score (nSPS) is 13.4. The van der Waals surface area contributed by atoms with Gasteiger partial charge >= 0.3 is 0 Å². The van der Waals surface area contributed by atoms with Crippen molar-refractivity contribution < 1.29 is 14.4 Å². The van der Waals surface area contributed by atoms with Gasteiger partial charge in [0.05, 0.1) is 18.1 Å². The highest BCUT2D eigenvalue weighted by Crippen LogP contribution is 2.23. The summed E-state index contributed by atoms with van der Waals surface area (Å²) >= 11 is 0. The van der Waals surface area contributed by atoms with E-state index in [1.165, 1.54) is 12.4 Å². The van der Waals surface area contributed by atoms with Crippen LogP contribution in [0.2, 0.25) is 0 Å². The number of nitrogens with zero attached hydrogens (tertiary/aromatic N) is 5. The third-order valence-electron chi connectivity index (χ3n) is 8.58. The van der Waals surface area contributed by atoms with E-state index in [2.05, 4.69) is 36.2 Å². The lowest BCUT2D eigenvalue weighted by atomic mass is 10.0. The second-order valence-electron chi connectivity index (χ2n) is 12.8. The summed E-state index contributed by atoms with van der Waals surface area (Å²) in [6, 6.07) is 20.6. The molecule has 0 bridgehead atoms. The molecule has 1 aliphatic heterocycles. The number of likely N-dealkylation sites (tertiary alicyclic amines) is 1. The lowest BCUT2D eigenvalue weighted by molar-refractivity contribution is -0.126. The van der Waals surface area contributed by atoms with Gasteiger partial charge in [0.2, 0.25) is 11.9 Å². The number of nitrogens with one attached hydrogen (secondary N) is 4. The van der Waals surface area contributed by atoms with Crippen molar-refractivity contribution in [3.8, 4) is 0 Å². The van der Waals surface area contributed by atoms with E-state index in [9.17, 15) is 14.4 Å². The van der Waals surface area contributed by atoms with Gasteiger partial charge in [-0.3, -0.25) is 19.4 Å². The summed E-state index contributed by atoms with van der Waals surface area (Å²) in [5.41, 5.74) is 4.37. The summed E-state index contributed by atoms with van der Waals surface area (Å²) in [6.45, 7) is 4.00. The van der Waals surface area contributed by atoms with Gasteiger partial charge in [0, 0.05) is 77.7 Å². The van der Waals surface area contributed by atoms with Crippen LogP contribution in [-0.4, -0.2) is 82.2 Å². The summed E-state index contributed by atoms with van der Waals surface area (Å²) < 4.78 is 0. The molecular formula is C39H41N9O3. The van der Waals surface area contributed by atoms with Gasteiger partial charge in [-0.2, -0.15) is 0 Å².